The second kappa shape index (κ2) is 7.31. The Morgan fingerprint density at radius 3 is 2.75 bits per heavy atom. The zero-order valence-corrected chi connectivity index (χ0v) is 15.8. The quantitative estimate of drug-likeness (QED) is 0.729. The number of anilines is 1. The zero-order valence-electron chi connectivity index (χ0n) is 15.8. The first-order valence-corrected chi connectivity index (χ1v) is 9.13. The van der Waals surface area contributed by atoms with Crippen molar-refractivity contribution >= 4 is 23.7 Å². The van der Waals surface area contributed by atoms with Crippen LogP contribution >= 0.6 is 0 Å². The molecule has 142 valence electrons. The molecular formula is C22H21FN4O. The van der Waals surface area contributed by atoms with Crippen LogP contribution in [0.2, 0.25) is 0 Å². The van der Waals surface area contributed by atoms with E-state index in [0.29, 0.717) is 23.4 Å². The molecule has 5 nitrogen and oxygen atoms in total. The molecule has 0 radical (unpaired) electrons. The van der Waals surface area contributed by atoms with Crippen molar-refractivity contribution in [3.05, 3.63) is 70.9 Å². The Labute approximate surface area is 162 Å². The lowest BCUT2D eigenvalue weighted by molar-refractivity contribution is 0.0946. The van der Waals surface area contributed by atoms with Crippen LogP contribution in [-0.2, 0) is 6.42 Å². The van der Waals surface area contributed by atoms with E-state index in [0.717, 1.165) is 29.1 Å². The van der Waals surface area contributed by atoms with Gasteiger partial charge in [0.1, 0.15) is 5.82 Å². The molecule has 0 saturated heterocycles. The van der Waals surface area contributed by atoms with Crippen LogP contribution < -0.4 is 10.2 Å². The average Bonchev–Trinajstić information content (AvgIpc) is 3.13. The summed E-state index contributed by atoms with van der Waals surface area (Å²) in [6.45, 7) is 0.647. The number of carbonyl (C=O) groups is 1. The van der Waals surface area contributed by atoms with Crippen LogP contribution in [0.1, 0.15) is 27.3 Å². The molecule has 0 atom stereocenters. The third-order valence-electron chi connectivity index (χ3n) is 4.83. The van der Waals surface area contributed by atoms with Crippen LogP contribution in [0.5, 0.6) is 0 Å². The van der Waals surface area contributed by atoms with E-state index < -0.39 is 0 Å². The molecule has 1 aliphatic heterocycles. The summed E-state index contributed by atoms with van der Waals surface area (Å²) in [5.41, 5.74) is 5.49. The number of nitrogens with one attached hydrogen (secondary N) is 2. The predicted molar refractivity (Wildman–Crippen MR) is 110 cm³/mol. The summed E-state index contributed by atoms with van der Waals surface area (Å²) in [5, 5.41) is 2.85. The van der Waals surface area contributed by atoms with Crippen LogP contribution in [0.25, 0.3) is 23.4 Å². The smallest absolute Gasteiger partial charge is 0.253 e. The Morgan fingerprint density at radius 1 is 1.14 bits per heavy atom. The standard InChI is InChI=1S/C22H21FN4O/c1-27(2)17-6-4-14(19(23)12-17)3-5-16-11-15(7-9-24-16)21-13-18-20(26-21)8-10-25-22(18)28/h3-7,9,11-13,26H,8,10H2,1-2H3,(H,25,28). The number of H-pyrrole nitrogens is 1. The molecule has 0 spiro atoms. The fourth-order valence-corrected chi connectivity index (χ4v) is 3.26. The number of carbonyl (C=O) groups excluding carboxylic acids is 1. The molecule has 4 rings (SSSR count). The summed E-state index contributed by atoms with van der Waals surface area (Å²) in [6, 6.07) is 10.8. The van der Waals surface area contributed by atoms with E-state index in [9.17, 15) is 9.18 Å². The third-order valence-corrected chi connectivity index (χ3v) is 4.83. The van der Waals surface area contributed by atoms with E-state index >= 15 is 0 Å². The molecule has 0 aliphatic carbocycles. The molecule has 3 aromatic rings. The Hall–Kier alpha value is -3.41. The van der Waals surface area contributed by atoms with Gasteiger partial charge in [0.05, 0.1) is 11.3 Å². The molecule has 1 aromatic carbocycles. The van der Waals surface area contributed by atoms with Crippen molar-refractivity contribution in [2.75, 3.05) is 25.5 Å². The lowest BCUT2D eigenvalue weighted by atomic mass is 10.1. The first kappa shape index (κ1) is 18.0. The van der Waals surface area contributed by atoms with Crippen molar-refractivity contribution in [2.24, 2.45) is 0 Å². The molecule has 0 saturated carbocycles. The van der Waals surface area contributed by atoms with Crippen molar-refractivity contribution in [1.82, 2.24) is 15.3 Å². The topological polar surface area (TPSA) is 61.0 Å². The van der Waals surface area contributed by atoms with Crippen LogP contribution in [0.4, 0.5) is 10.1 Å². The lowest BCUT2D eigenvalue weighted by Gasteiger charge is -2.12. The molecule has 3 heterocycles. The maximum Gasteiger partial charge on any atom is 0.253 e. The van der Waals surface area contributed by atoms with Gasteiger partial charge in [0.2, 0.25) is 0 Å². The molecule has 2 aromatic heterocycles. The largest absolute Gasteiger partial charge is 0.378 e. The fraction of sp³-hybridized carbons (Fsp3) is 0.182. The van der Waals surface area contributed by atoms with Gasteiger partial charge in [0, 0.05) is 61.5 Å². The highest BCUT2D eigenvalue weighted by Gasteiger charge is 2.19. The molecule has 0 unspecified atom stereocenters. The second-order valence-corrected chi connectivity index (χ2v) is 6.98. The summed E-state index contributed by atoms with van der Waals surface area (Å²) in [7, 11) is 3.75. The van der Waals surface area contributed by atoms with Crippen LogP contribution in [0.3, 0.4) is 0 Å². The van der Waals surface area contributed by atoms with E-state index in [4.69, 9.17) is 0 Å². The van der Waals surface area contributed by atoms with Gasteiger partial charge >= 0.3 is 0 Å². The van der Waals surface area contributed by atoms with Crippen molar-refractivity contribution in [3.8, 4) is 11.3 Å². The van der Waals surface area contributed by atoms with E-state index in [1.54, 1.807) is 24.4 Å². The van der Waals surface area contributed by atoms with Gasteiger partial charge in [-0.15, -0.1) is 0 Å². The van der Waals surface area contributed by atoms with Crippen molar-refractivity contribution in [3.63, 3.8) is 0 Å². The minimum atomic E-state index is -0.276. The van der Waals surface area contributed by atoms with Crippen molar-refractivity contribution in [2.45, 2.75) is 6.42 Å². The van der Waals surface area contributed by atoms with Crippen molar-refractivity contribution < 1.29 is 9.18 Å². The molecule has 2 N–H and O–H groups in total. The maximum atomic E-state index is 14.3. The third kappa shape index (κ3) is 3.53. The number of benzene rings is 1. The first-order chi connectivity index (χ1) is 13.5. The number of amides is 1. The number of halogens is 1. The number of aromatic nitrogens is 2. The summed E-state index contributed by atoms with van der Waals surface area (Å²) in [5.74, 6) is -0.323. The predicted octanol–water partition coefficient (Wildman–Crippen LogP) is 3.74. The second-order valence-electron chi connectivity index (χ2n) is 6.98. The molecule has 0 bridgehead atoms. The Balaban J connectivity index is 1.59. The van der Waals surface area contributed by atoms with Gasteiger partial charge in [-0.2, -0.15) is 0 Å². The first-order valence-electron chi connectivity index (χ1n) is 9.13. The zero-order chi connectivity index (χ0) is 19.7. The van der Waals surface area contributed by atoms with Gasteiger partial charge in [-0.3, -0.25) is 9.78 Å². The SMILES string of the molecule is CN(C)c1ccc(C=Cc2cc(-c3cc4c([nH]3)CCNC4=O)ccn2)c(F)c1. The number of rotatable bonds is 4. The normalized spacial score (nSPS) is 13.5. The van der Waals surface area contributed by atoms with Gasteiger partial charge in [0.15, 0.2) is 0 Å². The van der Waals surface area contributed by atoms with Gasteiger partial charge < -0.3 is 15.2 Å². The maximum absolute atomic E-state index is 14.3. The monoisotopic (exact) mass is 376 g/mol. The highest BCUT2D eigenvalue weighted by Crippen LogP contribution is 2.25. The molecule has 6 heteroatoms. The number of nitrogens with zero attached hydrogens (tertiary/aromatic N) is 2. The van der Waals surface area contributed by atoms with Crippen LogP contribution in [0, 0.1) is 5.82 Å². The average molecular weight is 376 g/mol. The van der Waals surface area contributed by atoms with Gasteiger partial charge in [-0.05, 0) is 48.6 Å². The van der Waals surface area contributed by atoms with Crippen LogP contribution in [-0.4, -0.2) is 36.5 Å². The number of hydrogen-bond donors (Lipinski definition) is 2. The molecular weight excluding hydrogens is 355 g/mol. The Kier molecular flexibility index (Phi) is 4.69. The minimum absolute atomic E-state index is 0.0467. The summed E-state index contributed by atoms with van der Waals surface area (Å²) >= 11 is 0. The molecule has 28 heavy (non-hydrogen) atoms. The van der Waals surface area contributed by atoms with E-state index in [1.807, 2.05) is 43.3 Å². The fourth-order valence-electron chi connectivity index (χ4n) is 3.26. The van der Waals surface area contributed by atoms with E-state index in [1.165, 1.54) is 6.07 Å². The number of fused-ring (bicyclic) bond motifs is 1. The molecule has 1 aliphatic rings. The number of aromatic amines is 1. The van der Waals surface area contributed by atoms with Gasteiger partial charge in [-0.1, -0.05) is 0 Å². The van der Waals surface area contributed by atoms with E-state index in [2.05, 4.69) is 15.3 Å². The van der Waals surface area contributed by atoms with E-state index in [-0.39, 0.29) is 11.7 Å². The van der Waals surface area contributed by atoms with Gasteiger partial charge in [-0.25, -0.2) is 4.39 Å². The summed E-state index contributed by atoms with van der Waals surface area (Å²) in [6.07, 6.45) is 6.00. The summed E-state index contributed by atoms with van der Waals surface area (Å²) < 4.78 is 14.3. The van der Waals surface area contributed by atoms with Crippen LogP contribution in [0.15, 0.2) is 42.6 Å². The minimum Gasteiger partial charge on any atom is -0.378 e. The Bertz CT molecular complexity index is 1070. The van der Waals surface area contributed by atoms with Crippen molar-refractivity contribution in [1.29, 1.82) is 0 Å². The lowest BCUT2D eigenvalue weighted by Crippen LogP contribution is -2.31. The molecule has 1 amide bonds. The Morgan fingerprint density at radius 2 is 2.00 bits per heavy atom. The highest BCUT2D eigenvalue weighted by atomic mass is 19.1. The highest BCUT2D eigenvalue weighted by molar-refractivity contribution is 5.97. The number of hydrogen-bond acceptors (Lipinski definition) is 3. The van der Waals surface area contributed by atoms with Gasteiger partial charge in [0.25, 0.3) is 5.91 Å². The molecule has 0 fully saturated rings. The summed E-state index contributed by atoms with van der Waals surface area (Å²) in [4.78, 5) is 21.5. The number of pyridine rings is 1.